The monoisotopic (exact) mass is 186 g/mol. The van der Waals surface area contributed by atoms with Crippen molar-refractivity contribution in [3.63, 3.8) is 0 Å². The number of benzene rings is 1. The molecule has 1 unspecified atom stereocenters. The number of methoxy groups -OCH3 is 1. The lowest BCUT2D eigenvalue weighted by molar-refractivity contribution is 0.414. The second kappa shape index (κ2) is 3.12. The number of nitrogens with two attached hydrogens (primary N) is 1. The summed E-state index contributed by atoms with van der Waals surface area (Å²) in [6.45, 7) is 0. The van der Waals surface area contributed by atoms with Crippen LogP contribution in [-0.2, 0) is 9.92 Å². The fourth-order valence-corrected chi connectivity index (χ4v) is 1.32. The van der Waals surface area contributed by atoms with Gasteiger partial charge in [-0.3, -0.25) is 0 Å². The predicted octanol–water partition coefficient (Wildman–Crippen LogP) is 0.975. The zero-order chi connectivity index (χ0) is 9.19. The van der Waals surface area contributed by atoms with Crippen molar-refractivity contribution >= 4 is 9.92 Å². The molecule has 4 nitrogen and oxygen atoms in total. The molecule has 0 aliphatic heterocycles. The van der Waals surface area contributed by atoms with Crippen LogP contribution < -0.4 is 9.88 Å². The minimum absolute atomic E-state index is 0.309. The fraction of sp³-hybridized carbons (Fsp3) is 0.143. The van der Waals surface area contributed by atoms with Crippen LogP contribution in [0.3, 0.4) is 0 Å². The Morgan fingerprint density at radius 3 is 2.25 bits per heavy atom. The van der Waals surface area contributed by atoms with Crippen molar-refractivity contribution in [3.8, 4) is 5.75 Å². The molecule has 0 saturated carbocycles. The van der Waals surface area contributed by atoms with E-state index in [4.69, 9.17) is 14.7 Å². The lowest BCUT2D eigenvalue weighted by Gasteiger charge is -2.02. The van der Waals surface area contributed by atoms with Gasteiger partial charge in [-0.15, -0.1) is 0 Å². The Balaban J connectivity index is 3.09. The van der Waals surface area contributed by atoms with Crippen molar-refractivity contribution in [2.24, 2.45) is 5.14 Å². The average molecular weight is 186 g/mol. The Kier molecular flexibility index (Phi) is 2.35. The SMILES string of the molecule is COc1ccc(S(=N)(N)=O)cc1. The summed E-state index contributed by atoms with van der Waals surface area (Å²) >= 11 is 0. The van der Waals surface area contributed by atoms with E-state index >= 15 is 0 Å². The smallest absolute Gasteiger partial charge is 0.132 e. The maximum atomic E-state index is 11.0. The van der Waals surface area contributed by atoms with Gasteiger partial charge in [-0.2, -0.15) is 0 Å². The van der Waals surface area contributed by atoms with Crippen LogP contribution in [0.25, 0.3) is 0 Å². The number of hydrogen-bond acceptors (Lipinski definition) is 3. The summed E-state index contributed by atoms with van der Waals surface area (Å²) < 4.78 is 22.9. The number of hydrogen-bond donors (Lipinski definition) is 2. The van der Waals surface area contributed by atoms with E-state index < -0.39 is 9.92 Å². The average Bonchev–Trinajstić information content (AvgIpc) is 2.03. The minimum Gasteiger partial charge on any atom is -0.497 e. The highest BCUT2D eigenvalue weighted by Gasteiger charge is 2.02. The largest absolute Gasteiger partial charge is 0.497 e. The van der Waals surface area contributed by atoms with E-state index in [9.17, 15) is 4.21 Å². The minimum atomic E-state index is -3.08. The van der Waals surface area contributed by atoms with Gasteiger partial charge in [-0.25, -0.2) is 14.1 Å². The van der Waals surface area contributed by atoms with Crippen LogP contribution in [-0.4, -0.2) is 11.3 Å². The summed E-state index contributed by atoms with van der Waals surface area (Å²) in [5.74, 6) is 0.655. The quantitative estimate of drug-likeness (QED) is 0.722. The van der Waals surface area contributed by atoms with Crippen molar-refractivity contribution in [2.75, 3.05) is 7.11 Å². The molecular formula is C7H10N2O2S. The van der Waals surface area contributed by atoms with E-state index in [1.807, 2.05) is 0 Å². The number of nitrogens with one attached hydrogen (secondary N) is 1. The van der Waals surface area contributed by atoms with Crippen LogP contribution in [0.15, 0.2) is 29.2 Å². The first kappa shape index (κ1) is 9.02. The van der Waals surface area contributed by atoms with Crippen LogP contribution >= 0.6 is 0 Å². The van der Waals surface area contributed by atoms with Crippen molar-refractivity contribution in [2.45, 2.75) is 4.90 Å². The van der Waals surface area contributed by atoms with Crippen molar-refractivity contribution in [1.29, 1.82) is 4.78 Å². The van der Waals surface area contributed by atoms with Gasteiger partial charge in [0.25, 0.3) is 0 Å². The molecular weight excluding hydrogens is 176 g/mol. The van der Waals surface area contributed by atoms with Gasteiger partial charge in [-0.05, 0) is 24.3 Å². The summed E-state index contributed by atoms with van der Waals surface area (Å²) in [5.41, 5.74) is 0. The summed E-state index contributed by atoms with van der Waals surface area (Å²) in [6.07, 6.45) is 0. The van der Waals surface area contributed by atoms with Gasteiger partial charge in [-0.1, -0.05) is 0 Å². The molecule has 5 heteroatoms. The van der Waals surface area contributed by atoms with Crippen LogP contribution in [0.5, 0.6) is 5.75 Å². The lowest BCUT2D eigenvalue weighted by atomic mass is 10.3. The highest BCUT2D eigenvalue weighted by molar-refractivity contribution is 7.90. The number of ether oxygens (including phenoxy) is 1. The summed E-state index contributed by atoms with van der Waals surface area (Å²) in [6, 6.07) is 6.29. The van der Waals surface area contributed by atoms with Gasteiger partial charge in [0.2, 0.25) is 0 Å². The van der Waals surface area contributed by atoms with Gasteiger partial charge in [0, 0.05) is 0 Å². The Labute approximate surface area is 71.5 Å². The normalized spacial score (nSPS) is 15.2. The third kappa shape index (κ3) is 1.96. The fourth-order valence-electron chi connectivity index (χ4n) is 0.778. The summed E-state index contributed by atoms with van der Waals surface area (Å²) in [7, 11) is -1.55. The van der Waals surface area contributed by atoms with E-state index in [0.29, 0.717) is 10.6 Å². The molecule has 0 aliphatic rings. The zero-order valence-corrected chi connectivity index (χ0v) is 7.43. The van der Waals surface area contributed by atoms with Crippen LogP contribution in [0, 0.1) is 4.78 Å². The Bertz CT molecular complexity index is 355. The Hall–Kier alpha value is -1.07. The maximum absolute atomic E-state index is 11.0. The van der Waals surface area contributed by atoms with Crippen molar-refractivity contribution < 1.29 is 8.95 Å². The van der Waals surface area contributed by atoms with E-state index in [-0.39, 0.29) is 0 Å². The predicted molar refractivity (Wildman–Crippen MR) is 46.3 cm³/mol. The first-order valence-electron chi connectivity index (χ1n) is 3.24. The van der Waals surface area contributed by atoms with E-state index in [2.05, 4.69) is 0 Å². The molecule has 0 aliphatic carbocycles. The van der Waals surface area contributed by atoms with E-state index in [1.165, 1.54) is 19.2 Å². The molecule has 1 rings (SSSR count). The van der Waals surface area contributed by atoms with Crippen LogP contribution in [0.4, 0.5) is 0 Å². The Morgan fingerprint density at radius 1 is 1.42 bits per heavy atom. The highest BCUT2D eigenvalue weighted by atomic mass is 32.2. The van der Waals surface area contributed by atoms with Crippen LogP contribution in [0.1, 0.15) is 0 Å². The topological polar surface area (TPSA) is 76.2 Å². The molecule has 66 valence electrons. The van der Waals surface area contributed by atoms with Crippen molar-refractivity contribution in [3.05, 3.63) is 24.3 Å². The molecule has 1 atom stereocenters. The Morgan fingerprint density at radius 2 is 1.92 bits per heavy atom. The standard InChI is InChI=1S/C7H10N2O2S/c1-11-6-2-4-7(5-3-6)12(8,9)10/h2-5H,1H3,(H3,8,9,10). The molecule has 0 radical (unpaired) electrons. The van der Waals surface area contributed by atoms with Gasteiger partial charge in [0.05, 0.1) is 12.0 Å². The third-order valence-electron chi connectivity index (χ3n) is 1.41. The highest BCUT2D eigenvalue weighted by Crippen LogP contribution is 2.13. The van der Waals surface area contributed by atoms with Crippen molar-refractivity contribution in [1.82, 2.24) is 0 Å². The van der Waals surface area contributed by atoms with Gasteiger partial charge >= 0.3 is 0 Å². The second-order valence-corrected chi connectivity index (χ2v) is 3.95. The van der Waals surface area contributed by atoms with E-state index in [0.717, 1.165) is 0 Å². The molecule has 0 saturated heterocycles. The first-order chi connectivity index (χ1) is 5.54. The summed E-state index contributed by atoms with van der Waals surface area (Å²) in [5, 5.41) is 5.10. The van der Waals surface area contributed by atoms with E-state index in [1.54, 1.807) is 12.1 Å². The molecule has 3 N–H and O–H groups in total. The molecule has 0 heterocycles. The molecule has 0 amide bonds. The molecule has 1 aromatic carbocycles. The zero-order valence-electron chi connectivity index (χ0n) is 6.61. The summed E-state index contributed by atoms with van der Waals surface area (Å²) in [4.78, 5) is 0.309. The van der Waals surface area contributed by atoms with Gasteiger partial charge in [0.15, 0.2) is 0 Å². The maximum Gasteiger partial charge on any atom is 0.132 e. The van der Waals surface area contributed by atoms with Gasteiger partial charge in [0.1, 0.15) is 15.7 Å². The molecule has 0 fully saturated rings. The number of rotatable bonds is 2. The molecule has 0 bridgehead atoms. The molecule has 12 heavy (non-hydrogen) atoms. The van der Waals surface area contributed by atoms with Crippen LogP contribution in [0.2, 0.25) is 0 Å². The first-order valence-corrected chi connectivity index (χ1v) is 4.87. The van der Waals surface area contributed by atoms with Gasteiger partial charge < -0.3 is 4.74 Å². The lowest BCUT2D eigenvalue weighted by Crippen LogP contribution is -2.09. The molecule has 0 aromatic heterocycles. The molecule has 0 spiro atoms. The molecule has 1 aromatic rings. The second-order valence-electron chi connectivity index (χ2n) is 2.28. The third-order valence-corrected chi connectivity index (χ3v) is 2.38.